The van der Waals surface area contributed by atoms with E-state index < -0.39 is 0 Å². The van der Waals surface area contributed by atoms with Gasteiger partial charge in [-0.25, -0.2) is 0 Å². The van der Waals surface area contributed by atoms with E-state index in [1.54, 1.807) is 24.3 Å². The summed E-state index contributed by atoms with van der Waals surface area (Å²) in [5.74, 6) is 0.566. The number of benzene rings is 1. The summed E-state index contributed by atoms with van der Waals surface area (Å²) in [5, 5.41) is 16.1. The number of hydrogen-bond donors (Lipinski definition) is 2. The summed E-state index contributed by atoms with van der Waals surface area (Å²) in [7, 11) is 2.11. The van der Waals surface area contributed by atoms with Crippen molar-refractivity contribution < 1.29 is 9.53 Å². The van der Waals surface area contributed by atoms with Gasteiger partial charge in [-0.1, -0.05) is 10.2 Å². The van der Waals surface area contributed by atoms with Crippen LogP contribution >= 0.6 is 0 Å². The van der Waals surface area contributed by atoms with E-state index in [-0.39, 0.29) is 11.9 Å². The summed E-state index contributed by atoms with van der Waals surface area (Å²) in [6.07, 6.45) is 1.09. The number of likely N-dealkylation sites (N-methyl/N-ethyl adjacent to an activating group) is 1. The van der Waals surface area contributed by atoms with Gasteiger partial charge in [-0.15, -0.1) is 0 Å². The highest BCUT2D eigenvalue weighted by molar-refractivity contribution is 5.92. The van der Waals surface area contributed by atoms with Crippen LogP contribution in [0.25, 0.3) is 0 Å². The molecule has 1 saturated heterocycles. The minimum atomic E-state index is -0.00797. The SMILES string of the molecule is CN1CCCN(CC(=O)Nc2ccc(Oc3nn[nH]n3)cc2)CC1. The number of ether oxygens (including phenoxy) is 1. The normalized spacial score (nSPS) is 16.5. The zero-order valence-corrected chi connectivity index (χ0v) is 13.6. The zero-order valence-electron chi connectivity index (χ0n) is 13.6. The Morgan fingerprint density at radius 2 is 2.08 bits per heavy atom. The predicted molar refractivity (Wildman–Crippen MR) is 87.9 cm³/mol. The van der Waals surface area contributed by atoms with E-state index in [9.17, 15) is 4.79 Å². The van der Waals surface area contributed by atoms with E-state index in [0.717, 1.165) is 38.3 Å². The Morgan fingerprint density at radius 1 is 1.25 bits per heavy atom. The van der Waals surface area contributed by atoms with Crippen LogP contribution in [0, 0.1) is 0 Å². The molecule has 1 aromatic carbocycles. The number of carbonyl (C=O) groups excluding carboxylic acids is 1. The molecule has 0 saturated carbocycles. The number of nitrogens with zero attached hydrogens (tertiary/aromatic N) is 5. The van der Waals surface area contributed by atoms with Gasteiger partial charge in [-0.05, 0) is 56.0 Å². The number of amides is 1. The average Bonchev–Trinajstić information content (AvgIpc) is 2.99. The number of carbonyl (C=O) groups is 1. The highest BCUT2D eigenvalue weighted by Gasteiger charge is 2.15. The molecule has 2 heterocycles. The Kier molecular flexibility index (Phi) is 5.34. The van der Waals surface area contributed by atoms with Gasteiger partial charge in [-0.2, -0.15) is 5.21 Å². The average molecular weight is 331 g/mol. The molecule has 1 aliphatic heterocycles. The smallest absolute Gasteiger partial charge is 0.361 e. The largest absolute Gasteiger partial charge is 0.422 e. The van der Waals surface area contributed by atoms with Gasteiger partial charge in [0, 0.05) is 18.8 Å². The summed E-state index contributed by atoms with van der Waals surface area (Å²) in [6.45, 7) is 4.36. The maximum absolute atomic E-state index is 12.2. The van der Waals surface area contributed by atoms with Crippen LogP contribution < -0.4 is 10.1 Å². The molecule has 3 rings (SSSR count). The number of tetrazole rings is 1. The first-order chi connectivity index (χ1) is 11.7. The Morgan fingerprint density at radius 3 is 2.83 bits per heavy atom. The van der Waals surface area contributed by atoms with Crippen molar-refractivity contribution in [1.82, 2.24) is 30.4 Å². The first-order valence-corrected chi connectivity index (χ1v) is 7.91. The van der Waals surface area contributed by atoms with Gasteiger partial charge in [0.1, 0.15) is 5.75 Å². The molecule has 0 bridgehead atoms. The number of H-pyrrole nitrogens is 1. The lowest BCUT2D eigenvalue weighted by Gasteiger charge is -2.19. The fourth-order valence-electron chi connectivity index (χ4n) is 2.57. The van der Waals surface area contributed by atoms with Gasteiger partial charge >= 0.3 is 6.01 Å². The molecule has 0 unspecified atom stereocenters. The van der Waals surface area contributed by atoms with Gasteiger partial charge in [0.2, 0.25) is 5.91 Å². The second-order valence-electron chi connectivity index (χ2n) is 5.80. The van der Waals surface area contributed by atoms with Gasteiger partial charge in [-0.3, -0.25) is 9.69 Å². The molecule has 1 fully saturated rings. The molecule has 0 spiro atoms. The van der Waals surface area contributed by atoms with Crippen molar-refractivity contribution >= 4 is 11.6 Å². The zero-order chi connectivity index (χ0) is 16.8. The monoisotopic (exact) mass is 331 g/mol. The molecule has 24 heavy (non-hydrogen) atoms. The summed E-state index contributed by atoms with van der Waals surface area (Å²) >= 11 is 0. The van der Waals surface area contributed by atoms with Crippen LogP contribution in [-0.4, -0.2) is 76.1 Å². The van der Waals surface area contributed by atoms with Gasteiger partial charge in [0.25, 0.3) is 0 Å². The molecular weight excluding hydrogens is 310 g/mol. The summed E-state index contributed by atoms with van der Waals surface area (Å²) in [6, 6.07) is 7.20. The fourth-order valence-corrected chi connectivity index (χ4v) is 2.57. The first-order valence-electron chi connectivity index (χ1n) is 7.91. The Hall–Kier alpha value is -2.52. The van der Waals surface area contributed by atoms with E-state index in [1.165, 1.54) is 0 Å². The summed E-state index contributed by atoms with van der Waals surface area (Å²) in [5.41, 5.74) is 0.729. The van der Waals surface area contributed by atoms with E-state index >= 15 is 0 Å². The third-order valence-electron chi connectivity index (χ3n) is 3.85. The number of aromatic amines is 1. The maximum Gasteiger partial charge on any atom is 0.361 e. The molecular formula is C15H21N7O2. The summed E-state index contributed by atoms with van der Waals surface area (Å²) in [4.78, 5) is 16.7. The second kappa shape index (κ2) is 7.84. The first kappa shape index (κ1) is 16.3. The number of anilines is 1. The fraction of sp³-hybridized carbons (Fsp3) is 0.467. The lowest BCUT2D eigenvalue weighted by Crippen LogP contribution is -2.35. The quantitative estimate of drug-likeness (QED) is 0.826. The van der Waals surface area contributed by atoms with Crippen molar-refractivity contribution in [2.75, 3.05) is 45.1 Å². The third-order valence-corrected chi connectivity index (χ3v) is 3.85. The van der Waals surface area contributed by atoms with Crippen LogP contribution in [0.3, 0.4) is 0 Å². The Balaban J connectivity index is 1.49. The lowest BCUT2D eigenvalue weighted by atomic mass is 10.3. The molecule has 1 aliphatic rings. The van der Waals surface area contributed by atoms with Crippen LogP contribution in [0.1, 0.15) is 6.42 Å². The molecule has 9 heteroatoms. The predicted octanol–water partition coefficient (Wildman–Crippen LogP) is 0.568. The highest BCUT2D eigenvalue weighted by Crippen LogP contribution is 2.19. The maximum atomic E-state index is 12.2. The molecule has 9 nitrogen and oxygen atoms in total. The van der Waals surface area contributed by atoms with Crippen LogP contribution in [0.4, 0.5) is 5.69 Å². The summed E-state index contributed by atoms with van der Waals surface area (Å²) < 4.78 is 5.38. The number of aromatic nitrogens is 4. The standard InChI is InChI=1S/C15H21N7O2/c1-21-7-2-8-22(10-9-21)11-14(23)16-12-3-5-13(6-4-12)24-15-17-19-20-18-15/h3-6H,2,7-11H2,1H3,(H,16,23)(H,17,18,19,20). The van der Waals surface area contributed by atoms with Crippen molar-refractivity contribution in [1.29, 1.82) is 0 Å². The van der Waals surface area contributed by atoms with Crippen LogP contribution in [0.15, 0.2) is 24.3 Å². The van der Waals surface area contributed by atoms with Crippen molar-refractivity contribution in [3.05, 3.63) is 24.3 Å². The van der Waals surface area contributed by atoms with Crippen LogP contribution in [0.2, 0.25) is 0 Å². The minimum Gasteiger partial charge on any atom is -0.422 e. The van der Waals surface area contributed by atoms with Gasteiger partial charge in [0.15, 0.2) is 0 Å². The van der Waals surface area contributed by atoms with Crippen molar-refractivity contribution in [2.24, 2.45) is 0 Å². The number of nitrogens with one attached hydrogen (secondary N) is 2. The number of hydrogen-bond acceptors (Lipinski definition) is 7. The van der Waals surface area contributed by atoms with Crippen molar-refractivity contribution in [2.45, 2.75) is 6.42 Å². The molecule has 1 aromatic heterocycles. The number of rotatable bonds is 5. The molecule has 1 amide bonds. The van der Waals surface area contributed by atoms with Crippen molar-refractivity contribution in [3.8, 4) is 11.8 Å². The van der Waals surface area contributed by atoms with Crippen molar-refractivity contribution in [3.63, 3.8) is 0 Å². The van der Waals surface area contributed by atoms with E-state index in [1.807, 2.05) is 0 Å². The Labute approximate surface area is 140 Å². The van der Waals surface area contributed by atoms with E-state index in [4.69, 9.17) is 4.74 Å². The molecule has 0 radical (unpaired) electrons. The molecule has 128 valence electrons. The second-order valence-corrected chi connectivity index (χ2v) is 5.80. The van der Waals surface area contributed by atoms with Crippen LogP contribution in [-0.2, 0) is 4.79 Å². The lowest BCUT2D eigenvalue weighted by molar-refractivity contribution is -0.117. The molecule has 2 aromatic rings. The van der Waals surface area contributed by atoms with Gasteiger partial charge < -0.3 is 15.0 Å². The molecule has 0 atom stereocenters. The van der Waals surface area contributed by atoms with E-state index in [0.29, 0.717) is 12.3 Å². The van der Waals surface area contributed by atoms with E-state index in [2.05, 4.69) is 42.8 Å². The van der Waals surface area contributed by atoms with Crippen LogP contribution in [0.5, 0.6) is 11.8 Å². The Bertz CT molecular complexity index is 644. The highest BCUT2D eigenvalue weighted by atomic mass is 16.5. The topological polar surface area (TPSA) is 99.3 Å². The van der Waals surface area contributed by atoms with Gasteiger partial charge in [0.05, 0.1) is 6.54 Å². The third kappa shape index (κ3) is 4.74. The molecule has 0 aliphatic carbocycles. The molecule has 2 N–H and O–H groups in total. The minimum absolute atomic E-state index is 0.00797.